The number of hydrogen-bond donors (Lipinski definition) is 1. The minimum Gasteiger partial charge on any atom is -0.316 e. The van der Waals surface area contributed by atoms with Crippen molar-refractivity contribution in [2.24, 2.45) is 0 Å². The van der Waals surface area contributed by atoms with Gasteiger partial charge in [-0.15, -0.1) is 11.8 Å². The SMILES string of the molecule is CNC(C)C1Cc2ccc(C(F)(F)F)cc2S1. The van der Waals surface area contributed by atoms with Gasteiger partial charge in [0.2, 0.25) is 0 Å². The smallest absolute Gasteiger partial charge is 0.316 e. The monoisotopic (exact) mass is 261 g/mol. The van der Waals surface area contributed by atoms with E-state index in [0.29, 0.717) is 11.3 Å². The quantitative estimate of drug-likeness (QED) is 0.876. The first kappa shape index (κ1) is 12.8. The van der Waals surface area contributed by atoms with Crippen LogP contribution in [0.4, 0.5) is 13.2 Å². The maximum Gasteiger partial charge on any atom is 0.416 e. The molecule has 1 aliphatic rings. The molecule has 0 aliphatic carbocycles. The summed E-state index contributed by atoms with van der Waals surface area (Å²) >= 11 is 1.54. The van der Waals surface area contributed by atoms with Crippen LogP contribution in [-0.4, -0.2) is 18.3 Å². The van der Waals surface area contributed by atoms with Gasteiger partial charge in [0.25, 0.3) is 0 Å². The number of rotatable bonds is 2. The van der Waals surface area contributed by atoms with Crippen molar-refractivity contribution in [3.63, 3.8) is 0 Å². The summed E-state index contributed by atoms with van der Waals surface area (Å²) in [4.78, 5) is 0.770. The molecular weight excluding hydrogens is 247 g/mol. The van der Waals surface area contributed by atoms with E-state index in [2.05, 4.69) is 5.32 Å². The summed E-state index contributed by atoms with van der Waals surface area (Å²) in [5.74, 6) is 0. The molecule has 0 spiro atoms. The molecular formula is C12H14F3NS. The summed E-state index contributed by atoms with van der Waals surface area (Å²) in [6.07, 6.45) is -3.41. The van der Waals surface area contributed by atoms with Crippen molar-refractivity contribution in [3.8, 4) is 0 Å². The van der Waals surface area contributed by atoms with Crippen molar-refractivity contribution in [1.29, 1.82) is 0 Å². The predicted molar refractivity (Wildman–Crippen MR) is 63.3 cm³/mol. The second kappa shape index (κ2) is 4.53. The van der Waals surface area contributed by atoms with Crippen molar-refractivity contribution >= 4 is 11.8 Å². The lowest BCUT2D eigenvalue weighted by molar-refractivity contribution is -0.137. The minimum absolute atomic E-state index is 0.293. The number of alkyl halides is 3. The van der Waals surface area contributed by atoms with E-state index in [-0.39, 0.29) is 0 Å². The van der Waals surface area contributed by atoms with E-state index >= 15 is 0 Å². The molecule has 0 amide bonds. The fraction of sp³-hybridized carbons (Fsp3) is 0.500. The van der Waals surface area contributed by atoms with Crippen LogP contribution in [0.5, 0.6) is 0 Å². The Labute approximate surface area is 103 Å². The molecule has 1 N–H and O–H groups in total. The van der Waals surface area contributed by atoms with E-state index in [1.807, 2.05) is 14.0 Å². The van der Waals surface area contributed by atoms with Crippen LogP contribution >= 0.6 is 11.8 Å². The number of nitrogens with one attached hydrogen (secondary N) is 1. The van der Waals surface area contributed by atoms with Crippen molar-refractivity contribution < 1.29 is 13.2 Å². The van der Waals surface area contributed by atoms with E-state index in [1.54, 1.807) is 6.07 Å². The van der Waals surface area contributed by atoms with Crippen LogP contribution in [0.1, 0.15) is 18.1 Å². The van der Waals surface area contributed by atoms with Gasteiger partial charge in [0.05, 0.1) is 5.56 Å². The molecule has 5 heteroatoms. The zero-order valence-electron chi connectivity index (χ0n) is 9.64. The Bertz CT molecular complexity index is 417. The fourth-order valence-corrected chi connectivity index (χ4v) is 3.32. The third-order valence-electron chi connectivity index (χ3n) is 3.11. The lowest BCUT2D eigenvalue weighted by Crippen LogP contribution is -2.32. The number of thioether (sulfide) groups is 1. The largest absolute Gasteiger partial charge is 0.416 e. The third kappa shape index (κ3) is 2.60. The normalized spacial score (nSPS) is 21.4. The van der Waals surface area contributed by atoms with Gasteiger partial charge in [-0.1, -0.05) is 6.07 Å². The Morgan fingerprint density at radius 1 is 1.41 bits per heavy atom. The minimum atomic E-state index is -4.25. The van der Waals surface area contributed by atoms with Gasteiger partial charge >= 0.3 is 6.18 Å². The van der Waals surface area contributed by atoms with Gasteiger partial charge in [0.15, 0.2) is 0 Å². The molecule has 0 radical (unpaired) electrons. The summed E-state index contributed by atoms with van der Waals surface area (Å²) in [5.41, 5.74) is 0.469. The molecule has 1 nitrogen and oxygen atoms in total. The lowest BCUT2D eigenvalue weighted by Gasteiger charge is -2.16. The van der Waals surface area contributed by atoms with Gasteiger partial charge in [-0.25, -0.2) is 0 Å². The van der Waals surface area contributed by atoms with E-state index in [4.69, 9.17) is 0 Å². The van der Waals surface area contributed by atoms with Crippen LogP contribution in [0, 0.1) is 0 Å². The summed E-state index contributed by atoms with van der Waals surface area (Å²) in [7, 11) is 1.87. The van der Waals surface area contributed by atoms with E-state index in [9.17, 15) is 13.2 Å². The standard InChI is InChI=1S/C12H14F3NS/c1-7(16-2)10-5-8-3-4-9(12(13,14)15)6-11(8)17-10/h3-4,6-7,10,16H,5H2,1-2H3. The predicted octanol–water partition coefficient (Wildman–Crippen LogP) is 3.33. The van der Waals surface area contributed by atoms with Crippen LogP contribution in [0.3, 0.4) is 0 Å². The lowest BCUT2D eigenvalue weighted by atomic mass is 10.0. The van der Waals surface area contributed by atoms with Crippen LogP contribution < -0.4 is 5.32 Å². The molecule has 0 bridgehead atoms. The number of hydrogen-bond acceptors (Lipinski definition) is 2. The van der Waals surface area contributed by atoms with Crippen molar-refractivity contribution in [1.82, 2.24) is 5.32 Å². The highest BCUT2D eigenvalue weighted by molar-refractivity contribution is 8.00. The molecule has 1 aliphatic heterocycles. The Morgan fingerprint density at radius 3 is 2.71 bits per heavy atom. The second-order valence-electron chi connectivity index (χ2n) is 4.26. The van der Waals surface area contributed by atoms with Crippen LogP contribution in [0.25, 0.3) is 0 Å². The fourth-order valence-electron chi connectivity index (χ4n) is 1.90. The van der Waals surface area contributed by atoms with Gasteiger partial charge in [-0.05, 0) is 38.1 Å². The van der Waals surface area contributed by atoms with Crippen molar-refractivity contribution in [3.05, 3.63) is 29.3 Å². The molecule has 2 rings (SSSR count). The Hall–Kier alpha value is -0.680. The Kier molecular flexibility index (Phi) is 3.41. The van der Waals surface area contributed by atoms with Gasteiger partial charge in [-0.2, -0.15) is 13.2 Å². The molecule has 1 heterocycles. The van der Waals surface area contributed by atoms with Crippen LogP contribution in [0.2, 0.25) is 0 Å². The van der Waals surface area contributed by atoms with Crippen LogP contribution in [0.15, 0.2) is 23.1 Å². The average molecular weight is 261 g/mol. The molecule has 2 atom stereocenters. The van der Waals surface area contributed by atoms with Gasteiger partial charge < -0.3 is 5.32 Å². The highest BCUT2D eigenvalue weighted by Gasteiger charge is 2.33. The molecule has 0 fully saturated rings. The zero-order valence-corrected chi connectivity index (χ0v) is 10.5. The molecule has 1 aromatic rings. The summed E-state index contributed by atoms with van der Waals surface area (Å²) < 4.78 is 37.7. The zero-order chi connectivity index (χ0) is 12.6. The van der Waals surface area contributed by atoms with Crippen LogP contribution in [-0.2, 0) is 12.6 Å². The number of fused-ring (bicyclic) bond motifs is 1. The first-order chi connectivity index (χ1) is 7.91. The summed E-state index contributed by atoms with van der Waals surface area (Å²) in [6, 6.07) is 4.34. The van der Waals surface area contributed by atoms with E-state index in [0.717, 1.165) is 16.9 Å². The number of benzene rings is 1. The maximum atomic E-state index is 12.6. The average Bonchev–Trinajstić information content (AvgIpc) is 2.69. The Morgan fingerprint density at radius 2 is 2.12 bits per heavy atom. The molecule has 17 heavy (non-hydrogen) atoms. The third-order valence-corrected chi connectivity index (χ3v) is 4.62. The molecule has 94 valence electrons. The maximum absolute atomic E-state index is 12.6. The van der Waals surface area contributed by atoms with Crippen molar-refractivity contribution in [2.45, 2.75) is 35.7 Å². The van der Waals surface area contributed by atoms with Gasteiger partial charge in [0, 0.05) is 16.2 Å². The summed E-state index contributed by atoms with van der Waals surface area (Å²) in [6.45, 7) is 2.05. The first-order valence-corrected chi connectivity index (χ1v) is 6.34. The second-order valence-corrected chi connectivity index (χ2v) is 5.54. The van der Waals surface area contributed by atoms with E-state index in [1.165, 1.54) is 23.9 Å². The molecule has 0 saturated heterocycles. The van der Waals surface area contributed by atoms with E-state index < -0.39 is 11.7 Å². The van der Waals surface area contributed by atoms with Crippen molar-refractivity contribution in [2.75, 3.05) is 7.05 Å². The molecule has 1 aromatic carbocycles. The topological polar surface area (TPSA) is 12.0 Å². The highest BCUT2D eigenvalue weighted by Crippen LogP contribution is 2.41. The van der Waals surface area contributed by atoms with Gasteiger partial charge in [0.1, 0.15) is 0 Å². The summed E-state index contributed by atoms with van der Waals surface area (Å²) in [5, 5.41) is 3.46. The highest BCUT2D eigenvalue weighted by atomic mass is 32.2. The Balaban J connectivity index is 2.22. The molecule has 0 saturated carbocycles. The molecule has 0 aromatic heterocycles. The number of halogens is 3. The first-order valence-electron chi connectivity index (χ1n) is 5.46. The molecule has 2 unspecified atom stereocenters. The van der Waals surface area contributed by atoms with Gasteiger partial charge in [-0.3, -0.25) is 0 Å².